The maximum absolute atomic E-state index is 12.6. The fourth-order valence-electron chi connectivity index (χ4n) is 2.51. The van der Waals surface area contributed by atoms with E-state index in [1.165, 1.54) is 40.6 Å². The molecule has 0 radical (unpaired) electrons. The maximum Gasteiger partial charge on any atom is 0.262 e. The number of aromatic nitrogens is 2. The molecule has 128 valence electrons. The van der Waals surface area contributed by atoms with E-state index in [0.717, 1.165) is 34.8 Å². The van der Waals surface area contributed by atoms with Gasteiger partial charge < -0.3 is 5.32 Å². The summed E-state index contributed by atoms with van der Waals surface area (Å²) in [5.74, 6) is -0.110. The number of hydrogen-bond donors (Lipinski definition) is 1. The first-order chi connectivity index (χ1) is 10.4. The van der Waals surface area contributed by atoms with Crippen molar-refractivity contribution < 1.29 is 8.42 Å². The van der Waals surface area contributed by atoms with E-state index in [1.54, 1.807) is 0 Å². The molecule has 1 aliphatic heterocycles. The second-order valence-corrected chi connectivity index (χ2v) is 8.84. The summed E-state index contributed by atoms with van der Waals surface area (Å²) in [6, 6.07) is 0. The lowest BCUT2D eigenvalue weighted by Crippen LogP contribution is -2.31. The van der Waals surface area contributed by atoms with E-state index in [0.29, 0.717) is 5.39 Å². The number of rotatable bonds is 4. The molecule has 23 heavy (non-hydrogen) atoms. The molecule has 0 spiro atoms. The predicted octanol–water partition coefficient (Wildman–Crippen LogP) is 0.417. The Morgan fingerprint density at radius 3 is 2.87 bits per heavy atom. The predicted molar refractivity (Wildman–Crippen MR) is 94.0 cm³/mol. The SMILES string of the molecule is CN(C)S(=O)(=O)CCn1cnc2sc3c(c2c1=O)CCNC3.Cl. The van der Waals surface area contributed by atoms with Gasteiger partial charge in [-0.3, -0.25) is 9.36 Å². The Kier molecular flexibility index (Phi) is 5.47. The average Bonchev–Trinajstić information content (AvgIpc) is 2.85. The quantitative estimate of drug-likeness (QED) is 0.833. The first-order valence-electron chi connectivity index (χ1n) is 7.01. The summed E-state index contributed by atoms with van der Waals surface area (Å²) >= 11 is 1.54. The maximum atomic E-state index is 12.6. The van der Waals surface area contributed by atoms with Crippen molar-refractivity contribution in [3.05, 3.63) is 27.1 Å². The minimum atomic E-state index is -3.33. The molecule has 0 aliphatic carbocycles. The standard InChI is InChI=1S/C13H18N4O3S2.ClH/c1-16(2)22(19,20)6-5-17-8-15-12-11(13(17)18)9-3-4-14-7-10(9)21-12;/h8,14H,3-7H2,1-2H3;1H. The van der Waals surface area contributed by atoms with Crippen molar-refractivity contribution in [3.63, 3.8) is 0 Å². The normalized spacial score (nSPS) is 14.7. The van der Waals surface area contributed by atoms with Crippen molar-refractivity contribution in [2.75, 3.05) is 26.4 Å². The Morgan fingerprint density at radius 2 is 2.17 bits per heavy atom. The Morgan fingerprint density at radius 1 is 1.43 bits per heavy atom. The Labute approximate surface area is 144 Å². The fourth-order valence-corrected chi connectivity index (χ4v) is 4.45. The van der Waals surface area contributed by atoms with E-state index < -0.39 is 10.0 Å². The summed E-state index contributed by atoms with van der Waals surface area (Å²) in [5.41, 5.74) is 0.930. The van der Waals surface area contributed by atoms with Crippen LogP contribution in [0.5, 0.6) is 0 Å². The van der Waals surface area contributed by atoms with Crippen LogP contribution in [-0.2, 0) is 29.5 Å². The molecule has 3 rings (SSSR count). The molecule has 3 heterocycles. The second kappa shape index (κ2) is 6.86. The van der Waals surface area contributed by atoms with Crippen LogP contribution < -0.4 is 10.9 Å². The third-order valence-corrected chi connectivity index (χ3v) is 6.80. The molecule has 7 nitrogen and oxygen atoms in total. The summed E-state index contributed by atoms with van der Waals surface area (Å²) < 4.78 is 26.3. The summed E-state index contributed by atoms with van der Waals surface area (Å²) in [5, 5.41) is 3.94. The zero-order chi connectivity index (χ0) is 15.9. The highest BCUT2D eigenvalue weighted by Gasteiger charge is 2.20. The van der Waals surface area contributed by atoms with Crippen molar-refractivity contribution in [3.8, 4) is 0 Å². The molecule has 0 saturated carbocycles. The van der Waals surface area contributed by atoms with Gasteiger partial charge in [-0.15, -0.1) is 23.7 Å². The van der Waals surface area contributed by atoms with Crippen molar-refractivity contribution in [2.24, 2.45) is 0 Å². The van der Waals surface area contributed by atoms with Gasteiger partial charge in [0, 0.05) is 32.1 Å². The summed E-state index contributed by atoms with van der Waals surface area (Å²) in [7, 11) is -0.356. The molecule has 1 aliphatic rings. The molecule has 0 aromatic carbocycles. The van der Waals surface area contributed by atoms with Crippen LogP contribution in [0.2, 0.25) is 0 Å². The van der Waals surface area contributed by atoms with Crippen molar-refractivity contribution in [1.29, 1.82) is 0 Å². The third kappa shape index (κ3) is 3.43. The van der Waals surface area contributed by atoms with Crippen molar-refractivity contribution in [1.82, 2.24) is 19.2 Å². The van der Waals surface area contributed by atoms with Gasteiger partial charge >= 0.3 is 0 Å². The van der Waals surface area contributed by atoms with Gasteiger partial charge in [0.05, 0.1) is 17.5 Å². The molecule has 10 heteroatoms. The van der Waals surface area contributed by atoms with Gasteiger partial charge in [0.1, 0.15) is 4.83 Å². The van der Waals surface area contributed by atoms with Gasteiger partial charge in [-0.25, -0.2) is 17.7 Å². The van der Waals surface area contributed by atoms with Crippen molar-refractivity contribution in [2.45, 2.75) is 19.5 Å². The first-order valence-corrected chi connectivity index (χ1v) is 9.43. The number of thiophene rings is 1. The molecule has 1 N–H and O–H groups in total. The number of hydrogen-bond acceptors (Lipinski definition) is 6. The summed E-state index contributed by atoms with van der Waals surface area (Å²) in [6.07, 6.45) is 2.26. The van der Waals surface area contributed by atoms with Crippen LogP contribution in [0.3, 0.4) is 0 Å². The number of aryl methyl sites for hydroxylation is 1. The van der Waals surface area contributed by atoms with Crippen LogP contribution in [0.15, 0.2) is 11.1 Å². The summed E-state index contributed by atoms with van der Waals surface area (Å²) in [6.45, 7) is 1.73. The lowest BCUT2D eigenvalue weighted by Gasteiger charge is -2.13. The van der Waals surface area contributed by atoms with Crippen LogP contribution in [0.25, 0.3) is 10.2 Å². The van der Waals surface area contributed by atoms with Gasteiger partial charge in [-0.1, -0.05) is 0 Å². The van der Waals surface area contributed by atoms with Crippen LogP contribution in [0.1, 0.15) is 10.4 Å². The third-order valence-electron chi connectivity index (χ3n) is 3.85. The first kappa shape index (κ1) is 18.3. The monoisotopic (exact) mass is 378 g/mol. The molecule has 0 saturated heterocycles. The van der Waals surface area contributed by atoms with Crippen LogP contribution in [-0.4, -0.2) is 48.7 Å². The largest absolute Gasteiger partial charge is 0.312 e. The van der Waals surface area contributed by atoms with E-state index in [1.807, 2.05) is 0 Å². The Balaban J connectivity index is 0.00000192. The lowest BCUT2D eigenvalue weighted by atomic mass is 10.1. The molecule has 0 unspecified atom stereocenters. The van der Waals surface area contributed by atoms with Crippen LogP contribution >= 0.6 is 23.7 Å². The van der Waals surface area contributed by atoms with E-state index in [2.05, 4.69) is 10.3 Å². The van der Waals surface area contributed by atoms with E-state index in [-0.39, 0.29) is 30.3 Å². The molecule has 2 aromatic heterocycles. The van der Waals surface area contributed by atoms with Gasteiger partial charge in [0.25, 0.3) is 5.56 Å². The highest BCUT2D eigenvalue weighted by atomic mass is 35.5. The molecule has 2 aromatic rings. The lowest BCUT2D eigenvalue weighted by molar-refractivity contribution is 0.514. The number of fused-ring (bicyclic) bond motifs is 3. The average molecular weight is 379 g/mol. The van der Waals surface area contributed by atoms with Gasteiger partial charge in [0.15, 0.2) is 0 Å². The molecule has 0 atom stereocenters. The van der Waals surface area contributed by atoms with Crippen LogP contribution in [0.4, 0.5) is 0 Å². The van der Waals surface area contributed by atoms with Crippen LogP contribution in [0, 0.1) is 0 Å². The Hall–Kier alpha value is -1.00. The molecular formula is C13H19ClN4O3S2. The minimum absolute atomic E-state index is 0. The topological polar surface area (TPSA) is 84.3 Å². The zero-order valence-corrected chi connectivity index (χ0v) is 15.4. The second-order valence-electron chi connectivity index (χ2n) is 5.45. The number of nitrogens with zero attached hydrogens (tertiary/aromatic N) is 3. The fraction of sp³-hybridized carbons (Fsp3) is 0.538. The molecule has 0 amide bonds. The zero-order valence-electron chi connectivity index (χ0n) is 12.9. The smallest absolute Gasteiger partial charge is 0.262 e. The van der Waals surface area contributed by atoms with E-state index >= 15 is 0 Å². The number of nitrogens with one attached hydrogen (secondary N) is 1. The molecular weight excluding hydrogens is 360 g/mol. The molecule has 0 bridgehead atoms. The van der Waals surface area contributed by atoms with Gasteiger partial charge in [-0.05, 0) is 18.5 Å². The van der Waals surface area contributed by atoms with Gasteiger partial charge in [-0.2, -0.15) is 0 Å². The van der Waals surface area contributed by atoms with Gasteiger partial charge in [0.2, 0.25) is 10.0 Å². The number of sulfonamides is 1. The van der Waals surface area contributed by atoms with Crippen molar-refractivity contribution >= 4 is 44.0 Å². The number of halogens is 1. The highest BCUT2D eigenvalue weighted by molar-refractivity contribution is 7.89. The Bertz CT molecular complexity index is 873. The minimum Gasteiger partial charge on any atom is -0.312 e. The molecule has 0 fully saturated rings. The highest BCUT2D eigenvalue weighted by Crippen LogP contribution is 2.29. The van der Waals surface area contributed by atoms with E-state index in [9.17, 15) is 13.2 Å². The van der Waals surface area contributed by atoms with E-state index in [4.69, 9.17) is 0 Å². The summed E-state index contributed by atoms with van der Waals surface area (Å²) in [4.78, 5) is 18.9.